The predicted molar refractivity (Wildman–Crippen MR) is 216 cm³/mol. The fourth-order valence-corrected chi connectivity index (χ4v) is 7.21. The quantitative estimate of drug-likeness (QED) is 0.120. The van der Waals surface area contributed by atoms with Crippen molar-refractivity contribution in [1.82, 2.24) is 0 Å². The zero-order valence-electron chi connectivity index (χ0n) is 30.4. The maximum Gasteiger partial charge on any atom is 0.194 e. The van der Waals surface area contributed by atoms with Crippen molar-refractivity contribution >= 4 is 65.4 Å². The van der Waals surface area contributed by atoms with E-state index in [1.807, 2.05) is 48.5 Å². The first-order valence-corrected chi connectivity index (χ1v) is 30.5. The van der Waals surface area contributed by atoms with Crippen molar-refractivity contribution in [3.05, 3.63) is 93.0 Å². The molecule has 240 valence electrons. The van der Waals surface area contributed by atoms with Gasteiger partial charge in [-0.3, -0.25) is 9.59 Å². The van der Waals surface area contributed by atoms with E-state index in [-0.39, 0.29) is 11.6 Å². The Morgan fingerprint density at radius 1 is 0.333 bits per heavy atom. The summed E-state index contributed by atoms with van der Waals surface area (Å²) in [5.74, 6) is 13.4. The van der Waals surface area contributed by atoms with E-state index in [0.29, 0.717) is 22.3 Å². The highest BCUT2D eigenvalue weighted by molar-refractivity contribution is 6.85. The minimum Gasteiger partial charge on any atom is -0.289 e. The Labute approximate surface area is 291 Å². The summed E-state index contributed by atoms with van der Waals surface area (Å²) in [6, 6.07) is 15.6. The van der Waals surface area contributed by atoms with Crippen LogP contribution in [0.5, 0.6) is 0 Å². The highest BCUT2D eigenvalue weighted by Gasteiger charge is 2.31. The fraction of sp³-hybridized carbons (Fsp3) is 0.286. The van der Waals surface area contributed by atoms with Gasteiger partial charge in [0.15, 0.2) is 11.6 Å². The zero-order chi connectivity index (χ0) is 35.4. The molecule has 0 atom stereocenters. The van der Waals surface area contributed by atoms with Crippen molar-refractivity contribution in [3.63, 3.8) is 0 Å². The number of hydrogen-bond acceptors (Lipinski definition) is 2. The van der Waals surface area contributed by atoms with E-state index >= 15 is 0 Å². The summed E-state index contributed by atoms with van der Waals surface area (Å²) in [7, 11) is -6.57. The normalized spacial score (nSPS) is 12.8. The van der Waals surface area contributed by atoms with Crippen molar-refractivity contribution in [1.29, 1.82) is 0 Å². The summed E-state index contributed by atoms with van der Waals surface area (Å²) in [5.41, 5.74) is 19.2. The lowest BCUT2D eigenvalue weighted by molar-refractivity contribution is 0.0979. The van der Waals surface area contributed by atoms with Gasteiger partial charge in [0.2, 0.25) is 0 Å². The van der Waals surface area contributed by atoms with Crippen LogP contribution >= 0.6 is 0 Å². The summed E-state index contributed by atoms with van der Waals surface area (Å²) in [6.07, 6.45) is 0. The third-order valence-electron chi connectivity index (χ3n) is 7.49. The molecule has 0 N–H and O–H groups in total. The van der Waals surface area contributed by atoms with E-state index in [9.17, 15) is 9.59 Å². The Kier molecular flexibility index (Phi) is 9.07. The first-order chi connectivity index (χ1) is 22.1. The molecular weight excluding hydrogens is 649 g/mol. The molecule has 4 aromatic carbocycles. The van der Waals surface area contributed by atoms with Gasteiger partial charge in [0.05, 0.1) is 0 Å². The molecule has 5 rings (SSSR count). The Morgan fingerprint density at radius 3 is 0.688 bits per heavy atom. The number of fused-ring (bicyclic) bond motifs is 4. The molecule has 0 spiro atoms. The van der Waals surface area contributed by atoms with Gasteiger partial charge in [-0.2, -0.15) is 0 Å². The summed E-state index contributed by atoms with van der Waals surface area (Å²) in [5, 5.41) is 3.53. The second-order valence-corrected chi connectivity index (χ2v) is 35.9. The summed E-state index contributed by atoms with van der Waals surface area (Å²) < 4.78 is 0. The summed E-state index contributed by atoms with van der Waals surface area (Å²) >= 11 is 0. The van der Waals surface area contributed by atoms with Crippen LogP contribution in [0.15, 0.2) is 48.5 Å². The average Bonchev–Trinajstić information content (AvgIpc) is 2.96. The number of rotatable bonds is 0. The third kappa shape index (κ3) is 8.28. The first kappa shape index (κ1) is 35.2. The van der Waals surface area contributed by atoms with Gasteiger partial charge in [0.25, 0.3) is 0 Å². The second kappa shape index (κ2) is 12.4. The van der Waals surface area contributed by atoms with Crippen LogP contribution in [0.2, 0.25) is 78.6 Å². The molecule has 0 amide bonds. The molecule has 4 aromatic rings. The molecule has 1 aliphatic rings. The van der Waals surface area contributed by atoms with E-state index in [2.05, 4.69) is 124 Å². The topological polar surface area (TPSA) is 34.1 Å². The van der Waals surface area contributed by atoms with Crippen LogP contribution in [0.1, 0.15) is 54.1 Å². The lowest BCUT2D eigenvalue weighted by Crippen LogP contribution is -2.21. The monoisotopic (exact) mass is 692 g/mol. The number of carbonyl (C=O) groups is 2. The third-order valence-corrected chi connectivity index (χ3v) is 11.0. The molecule has 0 saturated heterocycles. The van der Waals surface area contributed by atoms with Crippen molar-refractivity contribution in [2.75, 3.05) is 0 Å². The molecule has 2 nitrogen and oxygen atoms in total. The molecule has 0 heterocycles. The minimum absolute atomic E-state index is 0.141. The molecule has 0 unspecified atom stereocenters. The number of carbonyl (C=O) groups excluding carboxylic acids is 2. The van der Waals surface area contributed by atoms with Gasteiger partial charge in [-0.05, 0) is 70.1 Å². The highest BCUT2D eigenvalue weighted by atomic mass is 28.3. The maximum atomic E-state index is 14.2. The van der Waals surface area contributed by atoms with Gasteiger partial charge >= 0.3 is 0 Å². The molecular formula is C42H44O2Si4. The van der Waals surface area contributed by atoms with Crippen molar-refractivity contribution in [2.45, 2.75) is 78.6 Å². The molecule has 0 bridgehead atoms. The van der Waals surface area contributed by atoms with Gasteiger partial charge in [-0.1, -0.05) is 102 Å². The SMILES string of the molecule is C[Si](C)(C)C#Cc1cc2cc3c(cc2cc1C#C[Si](C)(C)C)C(=O)c1cc2cc(C#C[Si](C)(C)C)c(C#C[Si](C)(C)C)cc2cc1C3=O. The Balaban J connectivity index is 1.71. The Morgan fingerprint density at radius 2 is 0.521 bits per heavy atom. The second-order valence-electron chi connectivity index (χ2n) is 16.9. The Hall–Kier alpha value is -4.15. The maximum absolute atomic E-state index is 14.2. The van der Waals surface area contributed by atoms with Crippen LogP contribution in [-0.4, -0.2) is 43.9 Å². The van der Waals surface area contributed by atoms with Gasteiger partial charge in [0, 0.05) is 44.5 Å². The standard InChI is InChI=1S/C42H44O2Si4/c1-45(2,3)17-13-29-21-33-25-37-38(26-34(33)22-30(29)14-18-46(4,5)6)42(44)40-28-36-24-32(16-20-48(10,11)12)31(15-19-47(7,8)9)23-35(36)27-39(40)41(37)43/h21-28H,1-12H3. The van der Waals surface area contributed by atoms with Gasteiger partial charge in [-0.25, -0.2) is 0 Å². The van der Waals surface area contributed by atoms with Crippen LogP contribution in [-0.2, 0) is 0 Å². The van der Waals surface area contributed by atoms with Gasteiger partial charge in [-0.15, -0.1) is 22.2 Å². The van der Waals surface area contributed by atoms with Crippen LogP contribution in [0.25, 0.3) is 21.5 Å². The number of ketones is 2. The largest absolute Gasteiger partial charge is 0.289 e. The van der Waals surface area contributed by atoms with Crippen LogP contribution in [0, 0.1) is 45.9 Å². The van der Waals surface area contributed by atoms with E-state index < -0.39 is 32.3 Å². The van der Waals surface area contributed by atoms with E-state index in [1.165, 1.54) is 0 Å². The molecule has 0 aromatic heterocycles. The van der Waals surface area contributed by atoms with Crippen molar-refractivity contribution in [3.8, 4) is 45.9 Å². The van der Waals surface area contributed by atoms with Crippen molar-refractivity contribution in [2.24, 2.45) is 0 Å². The van der Waals surface area contributed by atoms with E-state index in [1.54, 1.807) is 0 Å². The molecule has 48 heavy (non-hydrogen) atoms. The summed E-state index contributed by atoms with van der Waals surface area (Å²) in [6.45, 7) is 26.7. The lowest BCUT2D eigenvalue weighted by Gasteiger charge is -2.20. The number of benzene rings is 4. The van der Waals surface area contributed by atoms with Crippen LogP contribution < -0.4 is 0 Å². The van der Waals surface area contributed by atoms with E-state index in [0.717, 1.165) is 43.8 Å². The molecule has 0 saturated carbocycles. The average molecular weight is 693 g/mol. The lowest BCUT2D eigenvalue weighted by atomic mass is 9.81. The van der Waals surface area contributed by atoms with Gasteiger partial charge in [0.1, 0.15) is 32.3 Å². The summed E-state index contributed by atoms with van der Waals surface area (Å²) in [4.78, 5) is 28.3. The molecule has 0 aliphatic heterocycles. The zero-order valence-corrected chi connectivity index (χ0v) is 34.4. The Bertz CT molecular complexity index is 1990. The van der Waals surface area contributed by atoms with Gasteiger partial charge < -0.3 is 0 Å². The van der Waals surface area contributed by atoms with Crippen LogP contribution in [0.3, 0.4) is 0 Å². The molecule has 1 aliphatic carbocycles. The predicted octanol–water partition coefficient (Wildman–Crippen LogP) is 9.68. The highest BCUT2D eigenvalue weighted by Crippen LogP contribution is 2.35. The molecule has 0 fully saturated rings. The number of hydrogen-bond donors (Lipinski definition) is 0. The van der Waals surface area contributed by atoms with E-state index in [4.69, 9.17) is 0 Å². The molecule has 6 heteroatoms. The molecule has 0 radical (unpaired) electrons. The first-order valence-electron chi connectivity index (χ1n) is 16.5. The minimum atomic E-state index is -1.64. The fourth-order valence-electron chi connectivity index (χ4n) is 5.17. The van der Waals surface area contributed by atoms with Crippen LogP contribution in [0.4, 0.5) is 0 Å². The smallest absolute Gasteiger partial charge is 0.194 e. The van der Waals surface area contributed by atoms with Crippen molar-refractivity contribution < 1.29 is 9.59 Å².